The second-order valence-electron chi connectivity index (χ2n) is 4.80. The molecule has 0 spiro atoms. The first-order valence-electron chi connectivity index (χ1n) is 5.56. The average Bonchev–Trinajstić information content (AvgIpc) is 2.56. The standard InChI is InChI=1S/C11H19NO4/c1-7(2)6-16-11(15)12-4-8(3)9(5-12)10(13)14/h7-9H,4-6H2,1-3H3,(H,13,14). The van der Waals surface area contributed by atoms with Gasteiger partial charge in [0.15, 0.2) is 0 Å². The molecule has 1 aliphatic heterocycles. The molecule has 2 unspecified atom stereocenters. The van der Waals surface area contributed by atoms with Gasteiger partial charge in [0, 0.05) is 13.1 Å². The molecule has 5 nitrogen and oxygen atoms in total. The van der Waals surface area contributed by atoms with Gasteiger partial charge in [0.05, 0.1) is 12.5 Å². The normalized spacial score (nSPS) is 24.9. The highest BCUT2D eigenvalue weighted by atomic mass is 16.6. The van der Waals surface area contributed by atoms with Gasteiger partial charge in [-0.25, -0.2) is 4.79 Å². The summed E-state index contributed by atoms with van der Waals surface area (Å²) in [6.07, 6.45) is -0.399. The molecular formula is C11H19NO4. The average molecular weight is 229 g/mol. The SMILES string of the molecule is CC(C)COC(=O)N1CC(C)C(C(=O)O)C1. The Kier molecular flexibility index (Phi) is 4.15. The number of hydrogen-bond donors (Lipinski definition) is 1. The summed E-state index contributed by atoms with van der Waals surface area (Å²) < 4.78 is 5.06. The zero-order chi connectivity index (χ0) is 12.3. The van der Waals surface area contributed by atoms with Crippen LogP contribution in [0.1, 0.15) is 20.8 Å². The summed E-state index contributed by atoms with van der Waals surface area (Å²) in [5, 5.41) is 8.92. The van der Waals surface area contributed by atoms with Crippen molar-refractivity contribution in [2.24, 2.45) is 17.8 Å². The number of carboxylic acids is 1. The highest BCUT2D eigenvalue weighted by molar-refractivity contribution is 5.74. The molecule has 1 heterocycles. The number of carbonyl (C=O) groups is 2. The second-order valence-corrected chi connectivity index (χ2v) is 4.80. The Morgan fingerprint density at radius 3 is 2.50 bits per heavy atom. The first-order valence-corrected chi connectivity index (χ1v) is 5.56. The lowest BCUT2D eigenvalue weighted by molar-refractivity contribution is -0.142. The maximum Gasteiger partial charge on any atom is 0.409 e. The van der Waals surface area contributed by atoms with Gasteiger partial charge in [-0.05, 0) is 11.8 Å². The van der Waals surface area contributed by atoms with Crippen molar-refractivity contribution in [3.63, 3.8) is 0 Å². The molecule has 0 saturated carbocycles. The number of rotatable bonds is 3. The summed E-state index contributed by atoms with van der Waals surface area (Å²) >= 11 is 0. The van der Waals surface area contributed by atoms with E-state index in [0.717, 1.165) is 0 Å². The predicted molar refractivity (Wildman–Crippen MR) is 58.0 cm³/mol. The van der Waals surface area contributed by atoms with Crippen LogP contribution in [-0.2, 0) is 9.53 Å². The zero-order valence-corrected chi connectivity index (χ0v) is 9.97. The summed E-state index contributed by atoms with van der Waals surface area (Å²) in [6.45, 7) is 6.86. The molecule has 0 aromatic carbocycles. The van der Waals surface area contributed by atoms with Crippen LogP contribution in [0, 0.1) is 17.8 Å². The molecule has 1 fully saturated rings. The molecule has 1 amide bonds. The van der Waals surface area contributed by atoms with Crippen LogP contribution in [0.15, 0.2) is 0 Å². The summed E-state index contributed by atoms with van der Waals surface area (Å²) in [5.74, 6) is -1.03. The molecule has 92 valence electrons. The van der Waals surface area contributed by atoms with Gasteiger partial charge in [-0.3, -0.25) is 4.79 Å². The molecule has 0 bridgehead atoms. The molecule has 0 aromatic rings. The van der Waals surface area contributed by atoms with Crippen molar-refractivity contribution in [2.75, 3.05) is 19.7 Å². The fourth-order valence-corrected chi connectivity index (χ4v) is 1.77. The van der Waals surface area contributed by atoms with Crippen LogP contribution in [-0.4, -0.2) is 41.8 Å². The zero-order valence-electron chi connectivity index (χ0n) is 9.97. The lowest BCUT2D eigenvalue weighted by Crippen LogP contribution is -2.31. The third-order valence-electron chi connectivity index (χ3n) is 2.73. The number of hydrogen-bond acceptors (Lipinski definition) is 3. The minimum atomic E-state index is -0.841. The predicted octanol–water partition coefficient (Wildman–Crippen LogP) is 1.43. The van der Waals surface area contributed by atoms with Crippen molar-refractivity contribution in [3.05, 3.63) is 0 Å². The molecule has 1 N–H and O–H groups in total. The molecule has 16 heavy (non-hydrogen) atoms. The Labute approximate surface area is 95.4 Å². The molecule has 0 aromatic heterocycles. The largest absolute Gasteiger partial charge is 0.481 e. The van der Waals surface area contributed by atoms with E-state index in [9.17, 15) is 9.59 Å². The Hall–Kier alpha value is -1.26. The Morgan fingerprint density at radius 2 is 2.06 bits per heavy atom. The number of carbonyl (C=O) groups excluding carboxylic acids is 1. The van der Waals surface area contributed by atoms with Crippen LogP contribution >= 0.6 is 0 Å². The van der Waals surface area contributed by atoms with Gasteiger partial charge < -0.3 is 14.7 Å². The minimum Gasteiger partial charge on any atom is -0.481 e. The number of nitrogens with zero attached hydrogens (tertiary/aromatic N) is 1. The molecular weight excluding hydrogens is 210 g/mol. The van der Waals surface area contributed by atoms with Crippen LogP contribution < -0.4 is 0 Å². The van der Waals surface area contributed by atoms with Crippen molar-refractivity contribution >= 4 is 12.1 Å². The third kappa shape index (κ3) is 3.12. The number of carboxylic acid groups (broad SMARTS) is 1. The maximum absolute atomic E-state index is 11.6. The third-order valence-corrected chi connectivity index (χ3v) is 2.73. The molecule has 1 saturated heterocycles. The van der Waals surface area contributed by atoms with Gasteiger partial charge >= 0.3 is 12.1 Å². The van der Waals surface area contributed by atoms with Crippen molar-refractivity contribution in [1.29, 1.82) is 0 Å². The van der Waals surface area contributed by atoms with E-state index in [1.54, 1.807) is 0 Å². The van der Waals surface area contributed by atoms with E-state index in [2.05, 4.69) is 0 Å². The highest BCUT2D eigenvalue weighted by Gasteiger charge is 2.37. The number of amides is 1. The Bertz CT molecular complexity index is 277. The number of likely N-dealkylation sites (tertiary alicyclic amines) is 1. The van der Waals surface area contributed by atoms with E-state index >= 15 is 0 Å². The fourth-order valence-electron chi connectivity index (χ4n) is 1.77. The van der Waals surface area contributed by atoms with Crippen LogP contribution in [0.25, 0.3) is 0 Å². The van der Waals surface area contributed by atoms with Crippen LogP contribution in [0.4, 0.5) is 4.79 Å². The van der Waals surface area contributed by atoms with Gasteiger partial charge in [0.25, 0.3) is 0 Å². The molecule has 2 atom stereocenters. The number of ether oxygens (including phenoxy) is 1. The Balaban J connectivity index is 2.45. The quantitative estimate of drug-likeness (QED) is 0.795. The van der Waals surface area contributed by atoms with Gasteiger partial charge in [0.1, 0.15) is 0 Å². The highest BCUT2D eigenvalue weighted by Crippen LogP contribution is 2.23. The first-order chi connectivity index (χ1) is 7.41. The van der Waals surface area contributed by atoms with Crippen molar-refractivity contribution in [3.8, 4) is 0 Å². The topological polar surface area (TPSA) is 66.8 Å². The smallest absolute Gasteiger partial charge is 0.409 e. The van der Waals surface area contributed by atoms with E-state index in [4.69, 9.17) is 9.84 Å². The van der Waals surface area contributed by atoms with E-state index in [1.165, 1.54) is 4.90 Å². The second kappa shape index (κ2) is 5.18. The molecule has 1 aliphatic rings. The summed E-state index contributed by atoms with van der Waals surface area (Å²) in [4.78, 5) is 23.9. The van der Waals surface area contributed by atoms with Crippen LogP contribution in [0.2, 0.25) is 0 Å². The van der Waals surface area contributed by atoms with Crippen molar-refractivity contribution in [1.82, 2.24) is 4.90 Å². The van der Waals surface area contributed by atoms with Gasteiger partial charge in [-0.1, -0.05) is 20.8 Å². The Morgan fingerprint density at radius 1 is 1.44 bits per heavy atom. The van der Waals surface area contributed by atoms with Crippen molar-refractivity contribution in [2.45, 2.75) is 20.8 Å². The summed E-state index contributed by atoms with van der Waals surface area (Å²) in [6, 6.07) is 0. The lowest BCUT2D eigenvalue weighted by atomic mass is 9.99. The number of aliphatic carboxylic acids is 1. The lowest BCUT2D eigenvalue weighted by Gasteiger charge is -2.16. The first kappa shape index (κ1) is 12.8. The van der Waals surface area contributed by atoms with Gasteiger partial charge in [-0.2, -0.15) is 0 Å². The van der Waals surface area contributed by atoms with Gasteiger partial charge in [-0.15, -0.1) is 0 Å². The van der Waals surface area contributed by atoms with Crippen LogP contribution in [0.3, 0.4) is 0 Å². The molecule has 1 rings (SSSR count). The minimum absolute atomic E-state index is 0.0101. The van der Waals surface area contributed by atoms with E-state index in [1.807, 2.05) is 20.8 Å². The molecule has 5 heteroatoms. The molecule has 0 radical (unpaired) electrons. The fraction of sp³-hybridized carbons (Fsp3) is 0.818. The summed E-state index contributed by atoms with van der Waals surface area (Å²) in [5.41, 5.74) is 0. The van der Waals surface area contributed by atoms with Crippen LogP contribution in [0.5, 0.6) is 0 Å². The monoisotopic (exact) mass is 229 g/mol. The molecule has 0 aliphatic carbocycles. The van der Waals surface area contributed by atoms with Gasteiger partial charge in [0.2, 0.25) is 0 Å². The van der Waals surface area contributed by atoms with E-state index in [0.29, 0.717) is 19.1 Å². The summed E-state index contributed by atoms with van der Waals surface area (Å²) in [7, 11) is 0. The van der Waals surface area contributed by atoms with E-state index < -0.39 is 18.0 Å². The maximum atomic E-state index is 11.6. The van der Waals surface area contributed by atoms with Crippen molar-refractivity contribution < 1.29 is 19.4 Å². The van der Waals surface area contributed by atoms with E-state index in [-0.39, 0.29) is 12.5 Å².